The van der Waals surface area contributed by atoms with Gasteiger partial charge in [-0.05, 0) is 55.7 Å². The van der Waals surface area contributed by atoms with Crippen LogP contribution in [0.1, 0.15) is 24.9 Å². The second kappa shape index (κ2) is 6.04. The molecule has 3 aromatic rings. The zero-order valence-electron chi connectivity index (χ0n) is 11.8. The van der Waals surface area contributed by atoms with Crippen LogP contribution in [-0.4, -0.2) is 9.55 Å². The molecule has 1 aromatic heterocycles. The van der Waals surface area contributed by atoms with Crippen LogP contribution in [-0.2, 0) is 6.42 Å². The number of aromatic nitrogens is 2. The number of rotatable bonds is 4. The Morgan fingerprint density at radius 1 is 1.19 bits per heavy atom. The first-order valence-corrected chi connectivity index (χ1v) is 7.87. The SMILES string of the molecule is C[C@@H](CCc1ccccc1)n1c(=S)[nH]c2cc(Cl)ccc21. The van der Waals surface area contributed by atoms with Gasteiger partial charge in [-0.2, -0.15) is 0 Å². The average molecular weight is 317 g/mol. The molecule has 2 aromatic carbocycles. The molecule has 0 aliphatic carbocycles. The second-order valence-corrected chi connectivity index (χ2v) is 6.16. The summed E-state index contributed by atoms with van der Waals surface area (Å²) < 4.78 is 2.94. The lowest BCUT2D eigenvalue weighted by molar-refractivity contribution is 0.514. The minimum atomic E-state index is 0.340. The normalized spacial score (nSPS) is 12.7. The van der Waals surface area contributed by atoms with Gasteiger partial charge in [0.05, 0.1) is 11.0 Å². The molecule has 0 bridgehead atoms. The van der Waals surface area contributed by atoms with Gasteiger partial charge < -0.3 is 9.55 Å². The Labute approximate surface area is 134 Å². The average Bonchev–Trinajstić information content (AvgIpc) is 2.81. The van der Waals surface area contributed by atoms with E-state index in [1.807, 2.05) is 24.3 Å². The third kappa shape index (κ3) is 3.04. The Kier molecular flexibility index (Phi) is 4.13. The maximum Gasteiger partial charge on any atom is 0.178 e. The van der Waals surface area contributed by atoms with Crippen molar-refractivity contribution in [1.29, 1.82) is 0 Å². The van der Waals surface area contributed by atoms with E-state index in [0.717, 1.165) is 33.7 Å². The van der Waals surface area contributed by atoms with Crippen LogP contribution in [0.4, 0.5) is 0 Å². The molecule has 3 rings (SSSR count). The number of aryl methyl sites for hydroxylation is 1. The molecule has 0 aliphatic heterocycles. The molecule has 0 fully saturated rings. The highest BCUT2D eigenvalue weighted by Gasteiger charge is 2.11. The standard InChI is InChI=1S/C17H17ClN2S/c1-12(7-8-13-5-3-2-4-6-13)20-16-10-9-14(18)11-15(16)19-17(20)21/h2-6,9-12H,7-8H2,1H3,(H,19,21)/t12-/m0/s1. The molecule has 0 saturated carbocycles. The largest absolute Gasteiger partial charge is 0.331 e. The van der Waals surface area contributed by atoms with E-state index in [4.69, 9.17) is 23.8 Å². The number of imidazole rings is 1. The molecular weight excluding hydrogens is 300 g/mol. The predicted octanol–water partition coefficient (Wildman–Crippen LogP) is 5.55. The molecule has 1 N–H and O–H groups in total. The topological polar surface area (TPSA) is 20.7 Å². The molecule has 21 heavy (non-hydrogen) atoms. The smallest absolute Gasteiger partial charge is 0.178 e. The third-order valence-electron chi connectivity index (χ3n) is 3.81. The van der Waals surface area contributed by atoms with Crippen LogP contribution in [0.2, 0.25) is 5.02 Å². The van der Waals surface area contributed by atoms with E-state index in [-0.39, 0.29) is 0 Å². The molecule has 0 saturated heterocycles. The summed E-state index contributed by atoms with van der Waals surface area (Å²) in [5, 5.41) is 0.725. The fourth-order valence-corrected chi connectivity index (χ4v) is 3.25. The number of hydrogen-bond acceptors (Lipinski definition) is 1. The summed E-state index contributed by atoms with van der Waals surface area (Å²) in [6.45, 7) is 2.21. The van der Waals surface area contributed by atoms with Crippen molar-refractivity contribution in [3.05, 3.63) is 63.9 Å². The summed E-state index contributed by atoms with van der Waals surface area (Å²) in [6.07, 6.45) is 2.10. The van der Waals surface area contributed by atoms with E-state index < -0.39 is 0 Å². The van der Waals surface area contributed by atoms with E-state index in [9.17, 15) is 0 Å². The van der Waals surface area contributed by atoms with Gasteiger partial charge in [0.15, 0.2) is 4.77 Å². The highest BCUT2D eigenvalue weighted by molar-refractivity contribution is 7.71. The molecule has 0 unspecified atom stereocenters. The molecule has 0 amide bonds. The Morgan fingerprint density at radius 2 is 1.95 bits per heavy atom. The van der Waals surface area contributed by atoms with Crippen molar-refractivity contribution in [2.75, 3.05) is 0 Å². The number of fused-ring (bicyclic) bond motifs is 1. The first-order valence-electron chi connectivity index (χ1n) is 7.09. The summed E-state index contributed by atoms with van der Waals surface area (Å²) in [4.78, 5) is 3.24. The van der Waals surface area contributed by atoms with Crippen molar-refractivity contribution >= 4 is 34.9 Å². The van der Waals surface area contributed by atoms with Crippen LogP contribution < -0.4 is 0 Å². The molecular formula is C17H17ClN2S. The molecule has 0 spiro atoms. The summed E-state index contributed by atoms with van der Waals surface area (Å²) in [7, 11) is 0. The number of H-pyrrole nitrogens is 1. The van der Waals surface area contributed by atoms with E-state index in [1.54, 1.807) is 0 Å². The minimum absolute atomic E-state index is 0.340. The zero-order valence-corrected chi connectivity index (χ0v) is 13.4. The number of hydrogen-bond donors (Lipinski definition) is 1. The summed E-state index contributed by atoms with van der Waals surface area (Å²) >= 11 is 11.5. The van der Waals surface area contributed by atoms with Gasteiger partial charge in [-0.15, -0.1) is 0 Å². The molecule has 1 heterocycles. The molecule has 2 nitrogen and oxygen atoms in total. The van der Waals surface area contributed by atoms with Crippen LogP contribution in [0.25, 0.3) is 11.0 Å². The van der Waals surface area contributed by atoms with Gasteiger partial charge in [0.2, 0.25) is 0 Å². The van der Waals surface area contributed by atoms with Gasteiger partial charge in [0.1, 0.15) is 0 Å². The van der Waals surface area contributed by atoms with Crippen LogP contribution in [0.15, 0.2) is 48.5 Å². The van der Waals surface area contributed by atoms with Crippen molar-refractivity contribution in [3.8, 4) is 0 Å². The first kappa shape index (κ1) is 14.4. The van der Waals surface area contributed by atoms with Crippen molar-refractivity contribution < 1.29 is 0 Å². The number of benzene rings is 2. The van der Waals surface area contributed by atoms with E-state index in [1.165, 1.54) is 5.56 Å². The molecule has 4 heteroatoms. The summed E-state index contributed by atoms with van der Waals surface area (Å²) in [5.41, 5.74) is 3.47. The first-order chi connectivity index (χ1) is 10.1. The van der Waals surface area contributed by atoms with Crippen molar-refractivity contribution in [2.24, 2.45) is 0 Å². The van der Waals surface area contributed by atoms with Crippen molar-refractivity contribution in [3.63, 3.8) is 0 Å². The van der Waals surface area contributed by atoms with E-state index >= 15 is 0 Å². The Morgan fingerprint density at radius 3 is 2.71 bits per heavy atom. The number of halogens is 1. The lowest BCUT2D eigenvalue weighted by atomic mass is 10.1. The van der Waals surface area contributed by atoms with Gasteiger partial charge in [-0.1, -0.05) is 41.9 Å². The molecule has 0 radical (unpaired) electrons. The highest BCUT2D eigenvalue weighted by atomic mass is 35.5. The molecule has 1 atom stereocenters. The second-order valence-electron chi connectivity index (χ2n) is 5.33. The van der Waals surface area contributed by atoms with Crippen molar-refractivity contribution in [2.45, 2.75) is 25.8 Å². The van der Waals surface area contributed by atoms with Gasteiger partial charge in [-0.25, -0.2) is 0 Å². The van der Waals surface area contributed by atoms with Crippen LogP contribution in [0.5, 0.6) is 0 Å². The Bertz CT molecular complexity index is 805. The zero-order chi connectivity index (χ0) is 14.8. The summed E-state index contributed by atoms with van der Waals surface area (Å²) in [5.74, 6) is 0. The Hall–Kier alpha value is -1.58. The minimum Gasteiger partial charge on any atom is -0.331 e. The van der Waals surface area contributed by atoms with Crippen LogP contribution in [0, 0.1) is 4.77 Å². The third-order valence-corrected chi connectivity index (χ3v) is 4.35. The van der Waals surface area contributed by atoms with E-state index in [0.29, 0.717) is 6.04 Å². The number of nitrogens with zero attached hydrogens (tertiary/aromatic N) is 1. The van der Waals surface area contributed by atoms with Gasteiger partial charge in [-0.3, -0.25) is 0 Å². The van der Waals surface area contributed by atoms with Crippen LogP contribution >= 0.6 is 23.8 Å². The molecule has 0 aliphatic rings. The van der Waals surface area contributed by atoms with Gasteiger partial charge in [0.25, 0.3) is 0 Å². The predicted molar refractivity (Wildman–Crippen MR) is 91.6 cm³/mol. The number of aromatic amines is 1. The van der Waals surface area contributed by atoms with Crippen molar-refractivity contribution in [1.82, 2.24) is 9.55 Å². The van der Waals surface area contributed by atoms with Gasteiger partial charge in [0, 0.05) is 11.1 Å². The van der Waals surface area contributed by atoms with Gasteiger partial charge >= 0.3 is 0 Å². The van der Waals surface area contributed by atoms with E-state index in [2.05, 4.69) is 40.7 Å². The summed E-state index contributed by atoms with van der Waals surface area (Å²) in [6, 6.07) is 16.8. The molecule has 108 valence electrons. The monoisotopic (exact) mass is 316 g/mol. The lowest BCUT2D eigenvalue weighted by Crippen LogP contribution is -2.06. The van der Waals surface area contributed by atoms with Crippen LogP contribution in [0.3, 0.4) is 0 Å². The lowest BCUT2D eigenvalue weighted by Gasteiger charge is -2.14. The Balaban J connectivity index is 1.86. The fraction of sp³-hybridized carbons (Fsp3) is 0.235. The maximum absolute atomic E-state index is 6.04. The number of nitrogens with one attached hydrogen (secondary N) is 1. The highest BCUT2D eigenvalue weighted by Crippen LogP contribution is 2.24. The fourth-order valence-electron chi connectivity index (χ4n) is 2.69. The maximum atomic E-state index is 6.04. The quantitative estimate of drug-likeness (QED) is 0.626.